The van der Waals surface area contributed by atoms with Crippen LogP contribution in [0, 0.1) is 11.8 Å². The lowest BCUT2D eigenvalue weighted by Gasteiger charge is -2.33. The number of hydrazine groups is 1. The van der Waals surface area contributed by atoms with Crippen LogP contribution in [0.1, 0.15) is 39.5 Å². The number of anilines is 1. The lowest BCUT2D eigenvalue weighted by Crippen LogP contribution is -2.50. The van der Waals surface area contributed by atoms with Crippen LogP contribution in [0.5, 0.6) is 0 Å². The molecular formula is C19H28BrN5O2. The molecule has 27 heavy (non-hydrogen) atoms. The van der Waals surface area contributed by atoms with Crippen LogP contribution in [0.2, 0.25) is 0 Å². The summed E-state index contributed by atoms with van der Waals surface area (Å²) in [7, 11) is 0. The molecule has 148 valence electrons. The van der Waals surface area contributed by atoms with Crippen molar-refractivity contribution in [1.29, 1.82) is 0 Å². The summed E-state index contributed by atoms with van der Waals surface area (Å²) in [5.41, 5.74) is 6.38. The molecule has 3 rings (SSSR count). The molecule has 2 amide bonds. The van der Waals surface area contributed by atoms with E-state index in [1.807, 2.05) is 11.0 Å². The average molecular weight is 438 g/mol. The first-order chi connectivity index (χ1) is 12.9. The fraction of sp³-hybridized carbons (Fsp3) is 0.632. The first-order valence-electron chi connectivity index (χ1n) is 9.64. The number of carbonyl (C=O) groups excluding carboxylic acids is 2. The molecule has 2 aliphatic heterocycles. The average Bonchev–Trinajstić information content (AvgIpc) is 3.10. The van der Waals surface area contributed by atoms with Gasteiger partial charge in [0.1, 0.15) is 11.9 Å². The van der Waals surface area contributed by atoms with Gasteiger partial charge in [0.25, 0.3) is 0 Å². The Bertz CT molecular complexity index is 667. The van der Waals surface area contributed by atoms with E-state index in [-0.39, 0.29) is 23.8 Å². The number of likely N-dealkylation sites (tertiary alicyclic amines) is 1. The number of amides is 2. The molecule has 1 aromatic heterocycles. The quantitative estimate of drug-likeness (QED) is 0.657. The molecule has 2 fully saturated rings. The highest BCUT2D eigenvalue weighted by Crippen LogP contribution is 2.22. The van der Waals surface area contributed by atoms with E-state index in [1.54, 1.807) is 12.3 Å². The highest BCUT2D eigenvalue weighted by Gasteiger charge is 2.35. The van der Waals surface area contributed by atoms with Gasteiger partial charge in [-0.2, -0.15) is 0 Å². The van der Waals surface area contributed by atoms with E-state index in [9.17, 15) is 9.59 Å². The van der Waals surface area contributed by atoms with Gasteiger partial charge in [0, 0.05) is 29.8 Å². The molecule has 0 aliphatic carbocycles. The number of nitrogens with zero attached hydrogens (tertiary/aromatic N) is 2. The summed E-state index contributed by atoms with van der Waals surface area (Å²) < 4.78 is 0.864. The van der Waals surface area contributed by atoms with Gasteiger partial charge < -0.3 is 10.2 Å². The molecule has 1 aromatic rings. The molecule has 2 saturated heterocycles. The SMILES string of the molecule is CC(C)CC1CC(C(=O)N2CCCC(C(=O)Nc3ccc(Br)cn3)C2)NN1. The second-order valence-electron chi connectivity index (χ2n) is 7.88. The molecule has 2 aliphatic rings. The van der Waals surface area contributed by atoms with E-state index in [2.05, 4.69) is 50.9 Å². The van der Waals surface area contributed by atoms with E-state index in [0.717, 1.165) is 30.2 Å². The fourth-order valence-corrected chi connectivity index (χ4v) is 4.03. The van der Waals surface area contributed by atoms with E-state index >= 15 is 0 Å². The molecule has 0 bridgehead atoms. The zero-order chi connectivity index (χ0) is 19.4. The van der Waals surface area contributed by atoms with Crippen molar-refractivity contribution >= 4 is 33.6 Å². The Balaban J connectivity index is 1.53. The second-order valence-corrected chi connectivity index (χ2v) is 8.79. The van der Waals surface area contributed by atoms with Gasteiger partial charge >= 0.3 is 0 Å². The Labute approximate surface area is 168 Å². The summed E-state index contributed by atoms with van der Waals surface area (Å²) in [6.07, 6.45) is 5.12. The molecule has 0 spiro atoms. The molecule has 0 radical (unpaired) electrons. The molecule has 0 saturated carbocycles. The minimum Gasteiger partial charge on any atom is -0.341 e. The van der Waals surface area contributed by atoms with Crippen LogP contribution in [0.25, 0.3) is 0 Å². The molecular weight excluding hydrogens is 410 g/mol. The molecule has 3 atom stereocenters. The predicted octanol–water partition coefficient (Wildman–Crippen LogP) is 2.30. The van der Waals surface area contributed by atoms with Crippen molar-refractivity contribution in [2.24, 2.45) is 11.8 Å². The number of rotatable bonds is 5. The van der Waals surface area contributed by atoms with Crippen molar-refractivity contribution in [2.75, 3.05) is 18.4 Å². The number of hydrogen-bond acceptors (Lipinski definition) is 5. The van der Waals surface area contributed by atoms with Crippen molar-refractivity contribution in [2.45, 2.75) is 51.6 Å². The van der Waals surface area contributed by atoms with E-state index in [0.29, 0.717) is 30.9 Å². The zero-order valence-electron chi connectivity index (χ0n) is 15.9. The molecule has 7 nitrogen and oxygen atoms in total. The topological polar surface area (TPSA) is 86.4 Å². The second kappa shape index (κ2) is 9.12. The smallest absolute Gasteiger partial charge is 0.241 e. The Hall–Kier alpha value is -1.51. The van der Waals surface area contributed by atoms with Crippen LogP contribution in [0.3, 0.4) is 0 Å². The van der Waals surface area contributed by atoms with Gasteiger partial charge in [0.05, 0.1) is 5.92 Å². The van der Waals surface area contributed by atoms with Crippen molar-refractivity contribution in [3.8, 4) is 0 Å². The standard InChI is InChI=1S/C19H28BrN5O2/c1-12(2)8-15-9-16(24-23-15)19(27)25-7-3-4-13(11-25)18(26)22-17-6-5-14(20)10-21-17/h5-6,10,12-13,15-16,23-24H,3-4,7-9,11H2,1-2H3,(H,21,22,26). The Morgan fingerprint density at radius 3 is 2.89 bits per heavy atom. The molecule has 3 unspecified atom stereocenters. The van der Waals surface area contributed by atoms with Gasteiger partial charge in [-0.1, -0.05) is 13.8 Å². The number of aromatic nitrogens is 1. The third-order valence-corrected chi connectivity index (χ3v) is 5.59. The number of carbonyl (C=O) groups is 2. The Morgan fingerprint density at radius 2 is 2.19 bits per heavy atom. The number of pyridine rings is 1. The van der Waals surface area contributed by atoms with Gasteiger partial charge in [0.2, 0.25) is 11.8 Å². The van der Waals surface area contributed by atoms with Gasteiger partial charge in [0.15, 0.2) is 0 Å². The first kappa shape index (κ1) is 20.2. The van der Waals surface area contributed by atoms with Crippen LogP contribution in [0.4, 0.5) is 5.82 Å². The van der Waals surface area contributed by atoms with Crippen LogP contribution in [-0.4, -0.2) is 46.9 Å². The summed E-state index contributed by atoms with van der Waals surface area (Å²) >= 11 is 3.33. The van der Waals surface area contributed by atoms with Crippen LogP contribution >= 0.6 is 15.9 Å². The van der Waals surface area contributed by atoms with Crippen molar-refractivity contribution in [3.63, 3.8) is 0 Å². The van der Waals surface area contributed by atoms with Gasteiger partial charge in [-0.05, 0) is 59.7 Å². The summed E-state index contributed by atoms with van der Waals surface area (Å²) in [5.74, 6) is 0.942. The summed E-state index contributed by atoms with van der Waals surface area (Å²) in [4.78, 5) is 31.5. The van der Waals surface area contributed by atoms with Gasteiger partial charge in [-0.3, -0.25) is 15.0 Å². The number of halogens is 1. The third kappa shape index (κ3) is 5.49. The maximum Gasteiger partial charge on any atom is 0.241 e. The summed E-state index contributed by atoms with van der Waals surface area (Å²) in [5, 5.41) is 2.86. The Morgan fingerprint density at radius 1 is 1.37 bits per heavy atom. The minimum atomic E-state index is -0.205. The first-order valence-corrected chi connectivity index (χ1v) is 10.4. The Kier molecular flexibility index (Phi) is 6.83. The van der Waals surface area contributed by atoms with Crippen molar-refractivity contribution in [3.05, 3.63) is 22.8 Å². The van der Waals surface area contributed by atoms with Crippen LogP contribution < -0.4 is 16.2 Å². The molecule has 3 heterocycles. The van der Waals surface area contributed by atoms with E-state index < -0.39 is 0 Å². The maximum atomic E-state index is 12.9. The predicted molar refractivity (Wildman–Crippen MR) is 108 cm³/mol. The van der Waals surface area contributed by atoms with Crippen LogP contribution in [0.15, 0.2) is 22.8 Å². The summed E-state index contributed by atoms with van der Waals surface area (Å²) in [6.45, 7) is 5.55. The lowest BCUT2D eigenvalue weighted by atomic mass is 9.95. The van der Waals surface area contributed by atoms with Crippen molar-refractivity contribution in [1.82, 2.24) is 20.7 Å². The van der Waals surface area contributed by atoms with Gasteiger partial charge in [-0.25, -0.2) is 10.4 Å². The van der Waals surface area contributed by atoms with E-state index in [4.69, 9.17) is 0 Å². The molecule has 0 aromatic carbocycles. The lowest BCUT2D eigenvalue weighted by molar-refractivity contribution is -0.136. The number of piperidine rings is 1. The highest BCUT2D eigenvalue weighted by molar-refractivity contribution is 9.10. The number of nitrogens with one attached hydrogen (secondary N) is 3. The number of hydrogen-bond donors (Lipinski definition) is 3. The largest absolute Gasteiger partial charge is 0.341 e. The zero-order valence-corrected chi connectivity index (χ0v) is 17.5. The van der Waals surface area contributed by atoms with E-state index in [1.165, 1.54) is 0 Å². The van der Waals surface area contributed by atoms with Crippen LogP contribution in [-0.2, 0) is 9.59 Å². The monoisotopic (exact) mass is 437 g/mol. The maximum absolute atomic E-state index is 12.9. The minimum absolute atomic E-state index is 0.0717. The third-order valence-electron chi connectivity index (χ3n) is 5.12. The highest BCUT2D eigenvalue weighted by atomic mass is 79.9. The summed E-state index contributed by atoms with van der Waals surface area (Å²) in [6, 6.07) is 3.72. The molecule has 8 heteroatoms. The normalized spacial score (nSPS) is 25.6. The van der Waals surface area contributed by atoms with Crippen molar-refractivity contribution < 1.29 is 9.59 Å². The fourth-order valence-electron chi connectivity index (χ4n) is 3.80. The van der Waals surface area contributed by atoms with Gasteiger partial charge in [-0.15, -0.1) is 0 Å². The molecule has 3 N–H and O–H groups in total.